The van der Waals surface area contributed by atoms with Crippen molar-refractivity contribution in [1.82, 2.24) is 9.78 Å². The number of carboxylic acid groups (broad SMARTS) is 1. The fraction of sp³-hybridized carbons (Fsp3) is 0.125. The van der Waals surface area contributed by atoms with Crippen LogP contribution < -0.4 is 5.56 Å². The standard InChI is InChI=1S/C24H17ClN2O3/c25-17-8-10-18(11-9-17)27-22(28)20-7-2-1-6-19(20)21(26-27)15-4-3-5-16(14-15)24(12-13-24)23(29)30/h1-11,14H,12-13H2,(H,29,30). The Morgan fingerprint density at radius 2 is 1.67 bits per heavy atom. The quantitative estimate of drug-likeness (QED) is 0.517. The molecule has 6 heteroatoms. The van der Waals surface area contributed by atoms with Crippen molar-refractivity contribution in [3.05, 3.63) is 93.7 Å². The van der Waals surface area contributed by atoms with Gasteiger partial charge in [0.05, 0.1) is 22.2 Å². The lowest BCUT2D eigenvalue weighted by Gasteiger charge is -2.14. The Labute approximate surface area is 177 Å². The highest BCUT2D eigenvalue weighted by Crippen LogP contribution is 2.49. The van der Waals surface area contributed by atoms with Gasteiger partial charge in [0.1, 0.15) is 0 Å². The molecule has 30 heavy (non-hydrogen) atoms. The Kier molecular flexibility index (Phi) is 4.22. The average Bonchev–Trinajstić information content (AvgIpc) is 3.58. The topological polar surface area (TPSA) is 72.2 Å². The van der Waals surface area contributed by atoms with Crippen molar-refractivity contribution in [2.75, 3.05) is 0 Å². The number of benzene rings is 3. The molecule has 148 valence electrons. The monoisotopic (exact) mass is 416 g/mol. The summed E-state index contributed by atoms with van der Waals surface area (Å²) in [6.45, 7) is 0. The smallest absolute Gasteiger partial charge is 0.314 e. The lowest BCUT2D eigenvalue weighted by molar-refractivity contribution is -0.140. The number of carboxylic acids is 1. The number of hydrogen-bond donors (Lipinski definition) is 1. The van der Waals surface area contributed by atoms with Gasteiger partial charge in [-0.1, -0.05) is 48.0 Å². The van der Waals surface area contributed by atoms with Crippen LogP contribution >= 0.6 is 11.6 Å². The first-order valence-corrected chi connectivity index (χ1v) is 10.00. The Morgan fingerprint density at radius 3 is 2.33 bits per heavy atom. The predicted molar refractivity (Wildman–Crippen MR) is 116 cm³/mol. The second-order valence-electron chi connectivity index (χ2n) is 7.56. The van der Waals surface area contributed by atoms with E-state index < -0.39 is 11.4 Å². The number of aromatic nitrogens is 2. The molecule has 1 fully saturated rings. The third-order valence-corrected chi connectivity index (χ3v) is 5.98. The summed E-state index contributed by atoms with van der Waals surface area (Å²) in [7, 11) is 0. The third kappa shape index (κ3) is 2.90. The number of aliphatic carboxylic acids is 1. The lowest BCUT2D eigenvalue weighted by atomic mass is 9.93. The largest absolute Gasteiger partial charge is 0.481 e. The van der Waals surface area contributed by atoms with E-state index in [1.54, 1.807) is 30.3 Å². The number of fused-ring (bicyclic) bond motifs is 1. The van der Waals surface area contributed by atoms with Crippen molar-refractivity contribution in [3.63, 3.8) is 0 Å². The molecule has 1 aliphatic carbocycles. The SMILES string of the molecule is O=C(O)C1(c2cccc(-c3nn(-c4ccc(Cl)cc4)c(=O)c4ccccc34)c2)CC1. The van der Waals surface area contributed by atoms with Crippen molar-refractivity contribution >= 4 is 28.3 Å². The zero-order valence-electron chi connectivity index (χ0n) is 15.9. The van der Waals surface area contributed by atoms with Crippen LogP contribution in [0.4, 0.5) is 0 Å². The summed E-state index contributed by atoms with van der Waals surface area (Å²) in [6, 6.07) is 21.7. The Balaban J connectivity index is 1.76. The van der Waals surface area contributed by atoms with Crippen molar-refractivity contribution in [2.45, 2.75) is 18.3 Å². The van der Waals surface area contributed by atoms with Crippen LogP contribution in [0.1, 0.15) is 18.4 Å². The zero-order valence-corrected chi connectivity index (χ0v) is 16.6. The summed E-state index contributed by atoms with van der Waals surface area (Å²) in [4.78, 5) is 24.9. The molecule has 0 unspecified atom stereocenters. The van der Waals surface area contributed by atoms with Crippen LogP contribution in [0.2, 0.25) is 5.02 Å². The van der Waals surface area contributed by atoms with Gasteiger partial charge in [-0.25, -0.2) is 0 Å². The summed E-state index contributed by atoms with van der Waals surface area (Å²) in [6.07, 6.45) is 1.26. The molecule has 5 nitrogen and oxygen atoms in total. The predicted octanol–water partition coefficient (Wildman–Crippen LogP) is 4.82. The molecular weight excluding hydrogens is 400 g/mol. The molecular formula is C24H17ClN2O3. The van der Waals surface area contributed by atoms with Gasteiger partial charge >= 0.3 is 5.97 Å². The van der Waals surface area contributed by atoms with Crippen LogP contribution in [0.3, 0.4) is 0 Å². The van der Waals surface area contributed by atoms with E-state index in [1.807, 2.05) is 42.5 Å². The summed E-state index contributed by atoms with van der Waals surface area (Å²) in [5, 5.41) is 16.2. The number of rotatable bonds is 4. The molecule has 1 heterocycles. The summed E-state index contributed by atoms with van der Waals surface area (Å²) < 4.78 is 1.37. The molecule has 0 saturated heterocycles. The molecule has 0 aliphatic heterocycles. The molecule has 0 bridgehead atoms. The molecule has 1 N–H and O–H groups in total. The number of hydrogen-bond acceptors (Lipinski definition) is 3. The second kappa shape index (κ2) is 6.82. The van der Waals surface area contributed by atoms with Crippen LogP contribution in [-0.2, 0) is 10.2 Å². The summed E-state index contributed by atoms with van der Waals surface area (Å²) in [5.41, 5.74) is 1.75. The first-order chi connectivity index (χ1) is 14.5. The first-order valence-electron chi connectivity index (χ1n) is 9.62. The molecule has 0 radical (unpaired) electrons. The number of carbonyl (C=O) groups is 1. The second-order valence-corrected chi connectivity index (χ2v) is 7.99. The van der Waals surface area contributed by atoms with E-state index in [2.05, 4.69) is 5.10 Å². The van der Waals surface area contributed by atoms with Gasteiger partial charge in [0.15, 0.2) is 0 Å². The molecule has 4 aromatic rings. The molecule has 0 spiro atoms. The van der Waals surface area contributed by atoms with Gasteiger partial charge in [0.25, 0.3) is 5.56 Å². The van der Waals surface area contributed by atoms with E-state index >= 15 is 0 Å². The molecule has 5 rings (SSSR count). The van der Waals surface area contributed by atoms with Crippen LogP contribution in [0, 0.1) is 0 Å². The fourth-order valence-corrected chi connectivity index (χ4v) is 4.00. The van der Waals surface area contributed by atoms with E-state index in [9.17, 15) is 14.7 Å². The molecule has 1 aromatic heterocycles. The average molecular weight is 417 g/mol. The highest BCUT2D eigenvalue weighted by Gasteiger charge is 2.51. The molecule has 0 atom stereocenters. The zero-order chi connectivity index (χ0) is 20.9. The van der Waals surface area contributed by atoms with Gasteiger partial charge in [0, 0.05) is 16.0 Å². The summed E-state index contributed by atoms with van der Waals surface area (Å²) in [5.74, 6) is -0.802. The van der Waals surface area contributed by atoms with Crippen LogP contribution in [0.5, 0.6) is 0 Å². The first kappa shape index (κ1) is 18.6. The van der Waals surface area contributed by atoms with E-state index in [-0.39, 0.29) is 5.56 Å². The molecule has 0 amide bonds. The highest BCUT2D eigenvalue weighted by molar-refractivity contribution is 6.30. The fourth-order valence-electron chi connectivity index (χ4n) is 3.88. The Hall–Kier alpha value is -3.44. The van der Waals surface area contributed by atoms with Gasteiger partial charge < -0.3 is 5.11 Å². The number of halogens is 1. The highest BCUT2D eigenvalue weighted by atomic mass is 35.5. The van der Waals surface area contributed by atoms with Crippen molar-refractivity contribution in [1.29, 1.82) is 0 Å². The Bertz CT molecular complexity index is 1360. The number of nitrogens with zero attached hydrogens (tertiary/aromatic N) is 2. The minimum absolute atomic E-state index is 0.225. The molecule has 1 saturated carbocycles. The minimum Gasteiger partial charge on any atom is -0.481 e. The van der Waals surface area contributed by atoms with Crippen molar-refractivity contribution in [3.8, 4) is 16.9 Å². The van der Waals surface area contributed by atoms with Crippen molar-refractivity contribution in [2.24, 2.45) is 0 Å². The molecule has 1 aliphatic rings. The maximum atomic E-state index is 13.1. The van der Waals surface area contributed by atoms with E-state index in [4.69, 9.17) is 11.6 Å². The lowest BCUT2D eigenvalue weighted by Crippen LogP contribution is -2.22. The maximum Gasteiger partial charge on any atom is 0.314 e. The van der Waals surface area contributed by atoms with E-state index in [1.165, 1.54) is 4.68 Å². The normalized spacial score (nSPS) is 14.6. The van der Waals surface area contributed by atoms with Gasteiger partial charge in [-0.05, 0) is 54.8 Å². The van der Waals surface area contributed by atoms with Gasteiger partial charge in [0.2, 0.25) is 0 Å². The summed E-state index contributed by atoms with van der Waals surface area (Å²) >= 11 is 6.00. The maximum absolute atomic E-state index is 13.1. The van der Waals surface area contributed by atoms with Crippen LogP contribution in [0.25, 0.3) is 27.7 Å². The van der Waals surface area contributed by atoms with Gasteiger partial charge in [-0.15, -0.1) is 0 Å². The van der Waals surface area contributed by atoms with Crippen LogP contribution in [0.15, 0.2) is 77.6 Å². The molecule has 3 aromatic carbocycles. The minimum atomic E-state index is -0.809. The van der Waals surface area contributed by atoms with Crippen LogP contribution in [-0.4, -0.2) is 20.9 Å². The van der Waals surface area contributed by atoms with Gasteiger partial charge in [-0.2, -0.15) is 9.78 Å². The third-order valence-electron chi connectivity index (χ3n) is 5.72. The van der Waals surface area contributed by atoms with E-state index in [0.29, 0.717) is 34.6 Å². The van der Waals surface area contributed by atoms with E-state index in [0.717, 1.165) is 16.5 Å². The van der Waals surface area contributed by atoms with Crippen molar-refractivity contribution < 1.29 is 9.90 Å². The Morgan fingerprint density at radius 1 is 0.967 bits per heavy atom. The van der Waals surface area contributed by atoms with Gasteiger partial charge in [-0.3, -0.25) is 9.59 Å².